The Morgan fingerprint density at radius 3 is 3.07 bits per heavy atom. The second-order valence-corrected chi connectivity index (χ2v) is 4.00. The van der Waals surface area contributed by atoms with Crippen LogP contribution in [0.5, 0.6) is 0 Å². The van der Waals surface area contributed by atoms with E-state index in [4.69, 9.17) is 5.73 Å². The summed E-state index contributed by atoms with van der Waals surface area (Å²) in [5, 5.41) is 11.0. The van der Waals surface area contributed by atoms with E-state index in [1.807, 2.05) is 13.1 Å². The summed E-state index contributed by atoms with van der Waals surface area (Å²) in [6, 6.07) is 0. The van der Waals surface area contributed by atoms with E-state index in [2.05, 4.69) is 29.1 Å². The summed E-state index contributed by atoms with van der Waals surface area (Å²) in [4.78, 5) is 0. The van der Waals surface area contributed by atoms with Crippen LogP contribution in [0, 0.1) is 0 Å². The Balaban J connectivity index is 2.56. The minimum absolute atomic E-state index is 0.225. The molecular weight excluding hydrogens is 190 g/mol. The Bertz CT molecular complexity index is 315. The van der Waals surface area contributed by atoms with Gasteiger partial charge in [-0.2, -0.15) is 0 Å². The number of nitrogens with zero attached hydrogens (tertiary/aromatic N) is 3. The molecule has 0 aliphatic heterocycles. The maximum atomic E-state index is 6.04. The third-order valence-corrected chi connectivity index (χ3v) is 2.34. The summed E-state index contributed by atoms with van der Waals surface area (Å²) >= 11 is 0. The van der Waals surface area contributed by atoms with Crippen LogP contribution < -0.4 is 11.1 Å². The molecule has 1 unspecified atom stereocenters. The summed E-state index contributed by atoms with van der Waals surface area (Å²) < 4.78 is 1.78. The predicted molar refractivity (Wildman–Crippen MR) is 59.9 cm³/mol. The van der Waals surface area contributed by atoms with Crippen LogP contribution in [0.25, 0.3) is 0 Å². The summed E-state index contributed by atoms with van der Waals surface area (Å²) in [7, 11) is 0. The number of rotatable bonds is 6. The van der Waals surface area contributed by atoms with Crippen LogP contribution >= 0.6 is 0 Å². The zero-order chi connectivity index (χ0) is 11.3. The first-order valence-corrected chi connectivity index (χ1v) is 5.09. The molecule has 0 amide bonds. The number of nitrogens with one attached hydrogen (secondary N) is 1. The molecule has 0 fully saturated rings. The summed E-state index contributed by atoms with van der Waals surface area (Å²) in [6.07, 6.45) is 4.45. The Labute approximate surface area is 90.3 Å². The zero-order valence-electron chi connectivity index (χ0n) is 9.40. The standard InChI is InChI=1S/C10H19N5/c1-4-10(3,11)8-15-7-9(13-14-15)6-12-5-2/h5,7,12H,2,4,6,8,11H2,1,3H3. The molecule has 0 aromatic carbocycles. The molecule has 0 aliphatic rings. The molecule has 84 valence electrons. The lowest BCUT2D eigenvalue weighted by Crippen LogP contribution is -2.40. The summed E-state index contributed by atoms with van der Waals surface area (Å²) in [5.74, 6) is 0. The number of nitrogens with two attached hydrogens (primary N) is 1. The van der Waals surface area contributed by atoms with Crippen molar-refractivity contribution in [3.63, 3.8) is 0 Å². The molecule has 1 aromatic heterocycles. The Morgan fingerprint density at radius 1 is 1.73 bits per heavy atom. The predicted octanol–water partition coefficient (Wildman–Crippen LogP) is 0.639. The lowest BCUT2D eigenvalue weighted by Gasteiger charge is -2.21. The van der Waals surface area contributed by atoms with Gasteiger partial charge in [-0.15, -0.1) is 5.10 Å². The first-order chi connectivity index (χ1) is 7.07. The van der Waals surface area contributed by atoms with Gasteiger partial charge in [0.2, 0.25) is 0 Å². The van der Waals surface area contributed by atoms with E-state index in [-0.39, 0.29) is 5.54 Å². The summed E-state index contributed by atoms with van der Waals surface area (Å²) in [5.41, 5.74) is 6.70. The highest BCUT2D eigenvalue weighted by Gasteiger charge is 2.17. The molecule has 5 heteroatoms. The molecule has 0 bridgehead atoms. The van der Waals surface area contributed by atoms with Crippen LogP contribution in [0.3, 0.4) is 0 Å². The van der Waals surface area contributed by atoms with Crippen molar-refractivity contribution in [1.29, 1.82) is 0 Å². The molecule has 0 spiro atoms. The van der Waals surface area contributed by atoms with Crippen LogP contribution in [-0.2, 0) is 13.1 Å². The first kappa shape index (κ1) is 11.7. The highest BCUT2D eigenvalue weighted by Crippen LogP contribution is 2.07. The Kier molecular flexibility index (Phi) is 3.85. The Morgan fingerprint density at radius 2 is 2.47 bits per heavy atom. The molecule has 0 saturated heterocycles. The van der Waals surface area contributed by atoms with Crippen molar-refractivity contribution in [2.75, 3.05) is 0 Å². The van der Waals surface area contributed by atoms with E-state index in [0.29, 0.717) is 13.1 Å². The van der Waals surface area contributed by atoms with Gasteiger partial charge in [-0.25, -0.2) is 0 Å². The van der Waals surface area contributed by atoms with Crippen molar-refractivity contribution in [1.82, 2.24) is 20.3 Å². The van der Waals surface area contributed by atoms with Crippen molar-refractivity contribution in [3.8, 4) is 0 Å². The van der Waals surface area contributed by atoms with Crippen molar-refractivity contribution < 1.29 is 0 Å². The number of hydrogen-bond acceptors (Lipinski definition) is 4. The van der Waals surface area contributed by atoms with E-state index in [1.54, 1.807) is 10.9 Å². The van der Waals surface area contributed by atoms with Crippen molar-refractivity contribution in [3.05, 3.63) is 24.7 Å². The molecule has 0 saturated carbocycles. The minimum atomic E-state index is -0.225. The maximum Gasteiger partial charge on any atom is 0.102 e. The third kappa shape index (κ3) is 3.71. The average Bonchev–Trinajstić information content (AvgIpc) is 2.62. The van der Waals surface area contributed by atoms with Gasteiger partial charge in [0.25, 0.3) is 0 Å². The van der Waals surface area contributed by atoms with E-state index < -0.39 is 0 Å². The van der Waals surface area contributed by atoms with Crippen molar-refractivity contribution >= 4 is 0 Å². The van der Waals surface area contributed by atoms with Gasteiger partial charge in [0.1, 0.15) is 5.69 Å². The van der Waals surface area contributed by atoms with Crippen LogP contribution in [0.4, 0.5) is 0 Å². The zero-order valence-corrected chi connectivity index (χ0v) is 9.40. The van der Waals surface area contributed by atoms with Gasteiger partial charge in [0.05, 0.1) is 19.3 Å². The highest BCUT2D eigenvalue weighted by atomic mass is 15.4. The average molecular weight is 209 g/mol. The molecule has 0 aliphatic carbocycles. The molecule has 5 nitrogen and oxygen atoms in total. The third-order valence-electron chi connectivity index (χ3n) is 2.34. The van der Waals surface area contributed by atoms with E-state index in [9.17, 15) is 0 Å². The monoisotopic (exact) mass is 209 g/mol. The fourth-order valence-corrected chi connectivity index (χ4v) is 1.16. The van der Waals surface area contributed by atoms with E-state index in [1.165, 1.54) is 0 Å². The van der Waals surface area contributed by atoms with E-state index >= 15 is 0 Å². The van der Waals surface area contributed by atoms with Gasteiger partial charge >= 0.3 is 0 Å². The van der Waals surface area contributed by atoms with Crippen LogP contribution in [0.2, 0.25) is 0 Å². The lowest BCUT2D eigenvalue weighted by molar-refractivity contribution is 0.360. The molecule has 3 N–H and O–H groups in total. The quantitative estimate of drug-likeness (QED) is 0.721. The lowest BCUT2D eigenvalue weighted by atomic mass is 10.0. The molecule has 15 heavy (non-hydrogen) atoms. The molecule has 1 aromatic rings. The molecule has 1 atom stereocenters. The normalized spacial score (nSPS) is 14.6. The first-order valence-electron chi connectivity index (χ1n) is 5.09. The molecular formula is C10H19N5. The molecule has 1 heterocycles. The SMILES string of the molecule is C=CNCc1cn(CC(C)(N)CC)nn1. The summed E-state index contributed by atoms with van der Waals surface area (Å²) in [6.45, 7) is 8.98. The smallest absolute Gasteiger partial charge is 0.102 e. The van der Waals surface area contributed by atoms with Gasteiger partial charge in [-0.3, -0.25) is 4.68 Å². The number of hydrogen-bond donors (Lipinski definition) is 2. The fraction of sp³-hybridized carbons (Fsp3) is 0.600. The van der Waals surface area contributed by atoms with Gasteiger partial charge in [0.15, 0.2) is 0 Å². The largest absolute Gasteiger partial charge is 0.386 e. The highest BCUT2D eigenvalue weighted by molar-refractivity contribution is 4.93. The topological polar surface area (TPSA) is 68.8 Å². The van der Waals surface area contributed by atoms with Gasteiger partial charge in [-0.1, -0.05) is 18.7 Å². The Hall–Kier alpha value is -1.36. The van der Waals surface area contributed by atoms with Gasteiger partial charge in [0, 0.05) is 5.54 Å². The van der Waals surface area contributed by atoms with Gasteiger partial charge < -0.3 is 11.1 Å². The van der Waals surface area contributed by atoms with Gasteiger partial charge in [-0.05, 0) is 19.5 Å². The molecule has 1 rings (SSSR count). The van der Waals surface area contributed by atoms with E-state index in [0.717, 1.165) is 12.1 Å². The minimum Gasteiger partial charge on any atom is -0.386 e. The fourth-order valence-electron chi connectivity index (χ4n) is 1.16. The second kappa shape index (κ2) is 4.93. The molecule has 0 radical (unpaired) electrons. The van der Waals surface area contributed by atoms with Crippen LogP contribution in [-0.4, -0.2) is 20.5 Å². The second-order valence-electron chi connectivity index (χ2n) is 4.00. The van der Waals surface area contributed by atoms with Crippen molar-refractivity contribution in [2.45, 2.75) is 38.9 Å². The van der Waals surface area contributed by atoms with Crippen LogP contribution in [0.1, 0.15) is 26.0 Å². The number of aromatic nitrogens is 3. The maximum absolute atomic E-state index is 6.04. The van der Waals surface area contributed by atoms with Crippen LogP contribution in [0.15, 0.2) is 19.0 Å². The van der Waals surface area contributed by atoms with Crippen molar-refractivity contribution in [2.24, 2.45) is 5.73 Å².